The first kappa shape index (κ1) is 25.6. The normalized spacial score (nSPS) is 18.6. The van der Waals surface area contributed by atoms with E-state index in [4.69, 9.17) is 16.2 Å². The summed E-state index contributed by atoms with van der Waals surface area (Å²) in [4.78, 5) is 59.9. The average molecular weight is 463 g/mol. The van der Waals surface area contributed by atoms with Crippen molar-refractivity contribution >= 4 is 29.5 Å². The van der Waals surface area contributed by atoms with E-state index in [0.717, 1.165) is 0 Å². The number of carbonyl (C=O) groups is 5. The second-order valence-electron chi connectivity index (χ2n) is 8.19. The molecule has 1 aromatic carbocycles. The van der Waals surface area contributed by atoms with E-state index in [9.17, 15) is 29.1 Å². The Morgan fingerprint density at radius 1 is 0.970 bits per heavy atom. The Labute approximate surface area is 190 Å². The summed E-state index contributed by atoms with van der Waals surface area (Å²) in [6.45, 7) is 3.31. The lowest BCUT2D eigenvalue weighted by molar-refractivity contribution is -0.132. The lowest BCUT2D eigenvalue weighted by Gasteiger charge is -2.23. The Morgan fingerprint density at radius 2 is 1.58 bits per heavy atom. The van der Waals surface area contributed by atoms with E-state index in [1.165, 1.54) is 12.1 Å². The summed E-state index contributed by atoms with van der Waals surface area (Å²) >= 11 is 0. The summed E-state index contributed by atoms with van der Waals surface area (Å²) in [6, 6.07) is 4.04. The van der Waals surface area contributed by atoms with Crippen LogP contribution in [0, 0.1) is 5.92 Å². The molecular formula is C21H29N5O7. The van der Waals surface area contributed by atoms with Gasteiger partial charge in [0.1, 0.15) is 17.8 Å². The molecule has 5 amide bonds. The Balaban J connectivity index is 1.99. The zero-order valence-electron chi connectivity index (χ0n) is 18.4. The number of primary amides is 2. The minimum Gasteiger partial charge on any atom is -0.508 e. The number of hydrogen-bond acceptors (Lipinski definition) is 7. The Hall–Kier alpha value is -3.67. The van der Waals surface area contributed by atoms with Crippen LogP contribution in [0.3, 0.4) is 0 Å². The summed E-state index contributed by atoms with van der Waals surface area (Å²) in [6.07, 6.45) is -1.84. The molecule has 0 aromatic heterocycles. The first-order chi connectivity index (χ1) is 15.5. The summed E-state index contributed by atoms with van der Waals surface area (Å²) in [5.74, 6) is -3.39. The molecule has 0 saturated carbocycles. The number of carbonyl (C=O) groups excluding carboxylic acids is 5. The molecule has 0 aliphatic carbocycles. The van der Waals surface area contributed by atoms with Gasteiger partial charge in [0.25, 0.3) is 11.8 Å². The minimum atomic E-state index is -1.11. The van der Waals surface area contributed by atoms with Crippen molar-refractivity contribution in [2.45, 2.75) is 51.0 Å². The standard InChI is InChI=1S/C21H29N5O7/c1-10(2)7-14(26-21(32)17-16(33-17)20(31)24-9-15(22)28)19(30)25-13(18(23)29)8-11-3-5-12(27)6-4-11/h3-6,10,13-14,16-17,27H,7-9H2,1-2H3,(H2,22,28)(H2,23,29)(H,24,31)(H,25,30)(H,26,32)/t13-,14-,16?,17?/m0/s1. The Morgan fingerprint density at radius 3 is 2.12 bits per heavy atom. The highest BCUT2D eigenvalue weighted by atomic mass is 16.6. The van der Waals surface area contributed by atoms with Gasteiger partial charge in [-0.2, -0.15) is 0 Å². The van der Waals surface area contributed by atoms with Crippen molar-refractivity contribution in [1.82, 2.24) is 16.0 Å². The van der Waals surface area contributed by atoms with Gasteiger partial charge in [-0.15, -0.1) is 0 Å². The van der Waals surface area contributed by atoms with E-state index >= 15 is 0 Å². The number of amides is 5. The maximum absolute atomic E-state index is 12.9. The molecular weight excluding hydrogens is 434 g/mol. The van der Waals surface area contributed by atoms with Gasteiger partial charge in [0.2, 0.25) is 17.7 Å². The van der Waals surface area contributed by atoms with Crippen molar-refractivity contribution in [2.24, 2.45) is 17.4 Å². The van der Waals surface area contributed by atoms with Crippen LogP contribution >= 0.6 is 0 Å². The minimum absolute atomic E-state index is 0.0139. The number of aromatic hydroxyl groups is 1. The highest BCUT2D eigenvalue weighted by molar-refractivity contribution is 5.98. The fourth-order valence-corrected chi connectivity index (χ4v) is 3.11. The highest BCUT2D eigenvalue weighted by Gasteiger charge is 2.51. The molecule has 1 fully saturated rings. The number of rotatable bonds is 12. The fraction of sp³-hybridized carbons (Fsp3) is 0.476. The van der Waals surface area contributed by atoms with Crippen LogP contribution in [0.4, 0.5) is 0 Å². The smallest absolute Gasteiger partial charge is 0.253 e. The van der Waals surface area contributed by atoms with Gasteiger partial charge in [0.15, 0.2) is 12.2 Å². The molecule has 180 valence electrons. The predicted molar refractivity (Wildman–Crippen MR) is 115 cm³/mol. The molecule has 2 rings (SSSR count). The molecule has 0 radical (unpaired) electrons. The van der Waals surface area contributed by atoms with Gasteiger partial charge in [0.05, 0.1) is 6.54 Å². The monoisotopic (exact) mass is 463 g/mol. The van der Waals surface area contributed by atoms with Gasteiger partial charge >= 0.3 is 0 Å². The van der Waals surface area contributed by atoms with E-state index in [-0.39, 0.29) is 31.1 Å². The SMILES string of the molecule is CC(C)C[C@H](NC(=O)C1OC1C(=O)NCC(N)=O)C(=O)N[C@@H](Cc1ccc(O)cc1)C(N)=O. The highest BCUT2D eigenvalue weighted by Crippen LogP contribution is 2.23. The Bertz CT molecular complexity index is 903. The molecule has 0 bridgehead atoms. The van der Waals surface area contributed by atoms with E-state index in [0.29, 0.717) is 5.56 Å². The predicted octanol–water partition coefficient (Wildman–Crippen LogP) is -2.20. The Kier molecular flexibility index (Phi) is 8.74. The van der Waals surface area contributed by atoms with Crippen molar-refractivity contribution in [3.63, 3.8) is 0 Å². The van der Waals surface area contributed by atoms with Gasteiger partial charge < -0.3 is 37.3 Å². The largest absolute Gasteiger partial charge is 0.508 e. The van der Waals surface area contributed by atoms with Gasteiger partial charge in [-0.25, -0.2) is 0 Å². The summed E-state index contributed by atoms with van der Waals surface area (Å²) in [5, 5.41) is 16.7. The van der Waals surface area contributed by atoms with Crippen LogP contribution < -0.4 is 27.4 Å². The summed E-state index contributed by atoms with van der Waals surface area (Å²) in [7, 11) is 0. The molecule has 1 aliphatic heterocycles. The molecule has 1 heterocycles. The lowest BCUT2D eigenvalue weighted by atomic mass is 10.0. The zero-order valence-corrected chi connectivity index (χ0v) is 18.4. The average Bonchev–Trinajstić information content (AvgIpc) is 3.53. The quantitative estimate of drug-likeness (QED) is 0.188. The first-order valence-electron chi connectivity index (χ1n) is 10.4. The van der Waals surface area contributed by atoms with Crippen LogP contribution in [0.25, 0.3) is 0 Å². The van der Waals surface area contributed by atoms with Crippen LogP contribution in [-0.2, 0) is 35.1 Å². The number of phenolic OH excluding ortho intramolecular Hbond substituents is 1. The molecule has 0 spiro atoms. The number of nitrogens with one attached hydrogen (secondary N) is 3. The molecule has 8 N–H and O–H groups in total. The molecule has 1 aliphatic rings. The second-order valence-corrected chi connectivity index (χ2v) is 8.19. The lowest BCUT2D eigenvalue weighted by Crippen LogP contribution is -2.54. The zero-order chi connectivity index (χ0) is 24.7. The van der Waals surface area contributed by atoms with Crippen molar-refractivity contribution in [1.29, 1.82) is 0 Å². The van der Waals surface area contributed by atoms with Crippen molar-refractivity contribution in [3.8, 4) is 5.75 Å². The molecule has 33 heavy (non-hydrogen) atoms. The van der Waals surface area contributed by atoms with Gasteiger partial charge in [0, 0.05) is 6.42 Å². The third-order valence-corrected chi connectivity index (χ3v) is 4.82. The number of hydrogen-bond donors (Lipinski definition) is 6. The van der Waals surface area contributed by atoms with Gasteiger partial charge in [-0.3, -0.25) is 24.0 Å². The van der Waals surface area contributed by atoms with Gasteiger partial charge in [-0.1, -0.05) is 26.0 Å². The molecule has 12 heteroatoms. The van der Waals surface area contributed by atoms with Crippen LogP contribution in [0.5, 0.6) is 5.75 Å². The maximum Gasteiger partial charge on any atom is 0.253 e. The maximum atomic E-state index is 12.9. The summed E-state index contributed by atoms with van der Waals surface area (Å²) < 4.78 is 5.06. The number of nitrogens with two attached hydrogens (primary N) is 2. The van der Waals surface area contributed by atoms with Crippen LogP contribution in [0.15, 0.2) is 24.3 Å². The second kappa shape index (κ2) is 11.3. The fourth-order valence-electron chi connectivity index (χ4n) is 3.11. The first-order valence-corrected chi connectivity index (χ1v) is 10.4. The topological polar surface area (TPSA) is 206 Å². The van der Waals surface area contributed by atoms with E-state index in [1.54, 1.807) is 12.1 Å². The van der Waals surface area contributed by atoms with E-state index in [2.05, 4.69) is 16.0 Å². The molecule has 1 aromatic rings. The third kappa shape index (κ3) is 8.07. The number of benzene rings is 1. The van der Waals surface area contributed by atoms with Crippen molar-refractivity contribution in [2.75, 3.05) is 6.54 Å². The summed E-state index contributed by atoms with van der Waals surface area (Å²) in [5.41, 5.74) is 11.1. The van der Waals surface area contributed by atoms with E-state index in [1.807, 2.05) is 13.8 Å². The van der Waals surface area contributed by atoms with Crippen LogP contribution in [-0.4, -0.2) is 65.5 Å². The van der Waals surface area contributed by atoms with Crippen molar-refractivity contribution < 1.29 is 33.8 Å². The van der Waals surface area contributed by atoms with Crippen molar-refractivity contribution in [3.05, 3.63) is 29.8 Å². The molecule has 4 atom stereocenters. The number of epoxide rings is 1. The molecule has 1 saturated heterocycles. The van der Waals surface area contributed by atoms with Gasteiger partial charge in [-0.05, 0) is 30.0 Å². The third-order valence-electron chi connectivity index (χ3n) is 4.82. The number of phenols is 1. The van der Waals surface area contributed by atoms with Crippen LogP contribution in [0.2, 0.25) is 0 Å². The van der Waals surface area contributed by atoms with Crippen LogP contribution in [0.1, 0.15) is 25.8 Å². The molecule has 12 nitrogen and oxygen atoms in total. The van der Waals surface area contributed by atoms with E-state index < -0.39 is 53.8 Å². The molecule has 2 unspecified atom stereocenters. The number of ether oxygens (including phenoxy) is 1.